The van der Waals surface area contributed by atoms with Gasteiger partial charge in [0, 0.05) is 11.4 Å². The maximum Gasteiger partial charge on any atom is 0.312 e. The molecular weight excluding hydrogens is 244 g/mol. The van der Waals surface area contributed by atoms with E-state index in [1.807, 2.05) is 12.1 Å². The molecule has 0 aliphatic carbocycles. The minimum atomic E-state index is -0.997. The SMILES string of the molecule is O=C(O)Cc1nc(Cc2cccc(Cl)c2)no1. The number of hydrogen-bond acceptors (Lipinski definition) is 4. The third kappa shape index (κ3) is 3.29. The zero-order chi connectivity index (χ0) is 12.3. The molecule has 0 unspecified atom stereocenters. The summed E-state index contributed by atoms with van der Waals surface area (Å²) in [5.74, 6) is -0.444. The van der Waals surface area contributed by atoms with Crippen molar-refractivity contribution in [1.29, 1.82) is 0 Å². The van der Waals surface area contributed by atoms with Gasteiger partial charge in [-0.15, -0.1) is 0 Å². The molecule has 1 aromatic carbocycles. The van der Waals surface area contributed by atoms with E-state index in [0.717, 1.165) is 5.56 Å². The zero-order valence-electron chi connectivity index (χ0n) is 8.76. The lowest BCUT2D eigenvalue weighted by Gasteiger charge is -1.96. The quantitative estimate of drug-likeness (QED) is 0.900. The zero-order valence-corrected chi connectivity index (χ0v) is 9.52. The Morgan fingerprint density at radius 2 is 2.29 bits per heavy atom. The molecule has 17 heavy (non-hydrogen) atoms. The van der Waals surface area contributed by atoms with E-state index in [9.17, 15) is 4.79 Å². The number of halogens is 1. The number of nitrogens with zero attached hydrogens (tertiary/aromatic N) is 2. The van der Waals surface area contributed by atoms with Crippen LogP contribution in [0, 0.1) is 0 Å². The Kier molecular flexibility index (Phi) is 3.39. The number of aromatic nitrogens is 2. The van der Waals surface area contributed by atoms with Gasteiger partial charge in [-0.25, -0.2) is 0 Å². The highest BCUT2D eigenvalue weighted by atomic mass is 35.5. The summed E-state index contributed by atoms with van der Waals surface area (Å²) in [6.07, 6.45) is 0.201. The summed E-state index contributed by atoms with van der Waals surface area (Å²) in [5.41, 5.74) is 0.945. The van der Waals surface area contributed by atoms with Crippen molar-refractivity contribution in [2.45, 2.75) is 12.8 Å². The standard InChI is InChI=1S/C11H9ClN2O3/c12-8-3-1-2-7(4-8)5-9-13-10(17-14-9)6-11(15)16/h1-4H,5-6H2,(H,15,16). The number of carboxylic acid groups (broad SMARTS) is 1. The van der Waals surface area contributed by atoms with Crippen molar-refractivity contribution >= 4 is 17.6 Å². The molecule has 0 bridgehead atoms. The second kappa shape index (κ2) is 4.97. The van der Waals surface area contributed by atoms with Gasteiger partial charge in [-0.1, -0.05) is 28.9 Å². The van der Waals surface area contributed by atoms with Gasteiger partial charge in [0.15, 0.2) is 5.82 Å². The smallest absolute Gasteiger partial charge is 0.312 e. The van der Waals surface area contributed by atoms with E-state index in [1.54, 1.807) is 12.1 Å². The van der Waals surface area contributed by atoms with Crippen LogP contribution >= 0.6 is 11.6 Å². The molecule has 1 heterocycles. The second-order valence-electron chi connectivity index (χ2n) is 3.48. The molecule has 2 aromatic rings. The van der Waals surface area contributed by atoms with Crippen LogP contribution in [0.1, 0.15) is 17.3 Å². The fraction of sp³-hybridized carbons (Fsp3) is 0.182. The highest BCUT2D eigenvalue weighted by Crippen LogP contribution is 2.13. The highest BCUT2D eigenvalue weighted by molar-refractivity contribution is 6.30. The van der Waals surface area contributed by atoms with Gasteiger partial charge >= 0.3 is 5.97 Å². The molecule has 0 amide bonds. The maximum atomic E-state index is 10.4. The molecule has 88 valence electrons. The fourth-order valence-corrected chi connectivity index (χ4v) is 1.61. The van der Waals surface area contributed by atoms with Gasteiger partial charge in [-0.05, 0) is 17.7 Å². The van der Waals surface area contributed by atoms with Gasteiger partial charge < -0.3 is 9.63 Å². The lowest BCUT2D eigenvalue weighted by atomic mass is 10.1. The van der Waals surface area contributed by atoms with Crippen molar-refractivity contribution in [2.75, 3.05) is 0 Å². The van der Waals surface area contributed by atoms with Gasteiger partial charge in [0.2, 0.25) is 5.89 Å². The monoisotopic (exact) mass is 252 g/mol. The Hall–Kier alpha value is -1.88. The molecule has 0 spiro atoms. The largest absolute Gasteiger partial charge is 0.481 e. The van der Waals surface area contributed by atoms with Crippen LogP contribution in [-0.4, -0.2) is 21.2 Å². The Morgan fingerprint density at radius 1 is 1.47 bits per heavy atom. The van der Waals surface area contributed by atoms with Crippen LogP contribution in [0.3, 0.4) is 0 Å². The fourth-order valence-electron chi connectivity index (χ4n) is 1.39. The maximum absolute atomic E-state index is 10.4. The first-order valence-electron chi connectivity index (χ1n) is 4.91. The first-order chi connectivity index (χ1) is 8.13. The number of rotatable bonds is 4. The van der Waals surface area contributed by atoms with Gasteiger partial charge in [0.05, 0.1) is 0 Å². The van der Waals surface area contributed by atoms with Gasteiger partial charge in [0.25, 0.3) is 0 Å². The van der Waals surface area contributed by atoms with E-state index < -0.39 is 5.97 Å². The molecule has 0 atom stereocenters. The van der Waals surface area contributed by atoms with E-state index >= 15 is 0 Å². The molecule has 5 nitrogen and oxygen atoms in total. The lowest BCUT2D eigenvalue weighted by molar-refractivity contribution is -0.136. The Balaban J connectivity index is 2.08. The number of benzene rings is 1. The van der Waals surface area contributed by atoms with Crippen LogP contribution in [0.5, 0.6) is 0 Å². The summed E-state index contributed by atoms with van der Waals surface area (Å²) < 4.78 is 4.80. The van der Waals surface area contributed by atoms with Crippen LogP contribution in [0.15, 0.2) is 28.8 Å². The van der Waals surface area contributed by atoms with Gasteiger partial charge in [-0.2, -0.15) is 4.98 Å². The van der Waals surface area contributed by atoms with Crippen LogP contribution in [0.25, 0.3) is 0 Å². The normalized spacial score (nSPS) is 10.4. The summed E-state index contributed by atoms with van der Waals surface area (Å²) in [6, 6.07) is 7.29. The minimum Gasteiger partial charge on any atom is -0.481 e. The van der Waals surface area contributed by atoms with Crippen molar-refractivity contribution in [3.63, 3.8) is 0 Å². The molecule has 0 radical (unpaired) electrons. The van der Waals surface area contributed by atoms with Gasteiger partial charge in [-0.3, -0.25) is 4.79 Å². The molecular formula is C11H9ClN2O3. The second-order valence-corrected chi connectivity index (χ2v) is 3.92. The highest BCUT2D eigenvalue weighted by Gasteiger charge is 2.10. The van der Waals surface area contributed by atoms with Crippen LogP contribution in [-0.2, 0) is 17.6 Å². The Morgan fingerprint density at radius 3 is 3.00 bits per heavy atom. The van der Waals surface area contributed by atoms with E-state index in [1.165, 1.54) is 0 Å². The summed E-state index contributed by atoms with van der Waals surface area (Å²) in [6.45, 7) is 0. The van der Waals surface area contributed by atoms with E-state index in [0.29, 0.717) is 17.3 Å². The van der Waals surface area contributed by atoms with E-state index in [4.69, 9.17) is 21.2 Å². The van der Waals surface area contributed by atoms with Crippen LogP contribution in [0.4, 0.5) is 0 Å². The van der Waals surface area contributed by atoms with Crippen molar-refractivity contribution in [2.24, 2.45) is 0 Å². The average molecular weight is 253 g/mol. The predicted octanol–water partition coefficient (Wildman–Crippen LogP) is 1.94. The predicted molar refractivity (Wildman–Crippen MR) is 59.9 cm³/mol. The summed E-state index contributed by atoms with van der Waals surface area (Å²) >= 11 is 5.84. The van der Waals surface area contributed by atoms with Crippen molar-refractivity contribution in [1.82, 2.24) is 10.1 Å². The number of aliphatic carboxylic acids is 1. The van der Waals surface area contributed by atoms with Crippen LogP contribution < -0.4 is 0 Å². The molecule has 0 aliphatic rings. The topological polar surface area (TPSA) is 76.2 Å². The van der Waals surface area contributed by atoms with E-state index in [2.05, 4.69) is 10.1 Å². The molecule has 1 N–H and O–H groups in total. The third-order valence-corrected chi connectivity index (χ3v) is 2.30. The molecule has 2 rings (SSSR count). The van der Waals surface area contributed by atoms with Crippen LogP contribution in [0.2, 0.25) is 5.02 Å². The van der Waals surface area contributed by atoms with Gasteiger partial charge in [0.1, 0.15) is 6.42 Å². The first kappa shape index (κ1) is 11.6. The molecule has 6 heteroatoms. The summed E-state index contributed by atoms with van der Waals surface area (Å²) in [7, 11) is 0. The molecule has 0 saturated carbocycles. The number of hydrogen-bond donors (Lipinski definition) is 1. The molecule has 0 aliphatic heterocycles. The number of carboxylic acids is 1. The number of carbonyl (C=O) groups is 1. The summed E-state index contributed by atoms with van der Waals surface area (Å²) in [4.78, 5) is 14.4. The van der Waals surface area contributed by atoms with Crippen molar-refractivity contribution in [3.8, 4) is 0 Å². The van der Waals surface area contributed by atoms with Crippen molar-refractivity contribution < 1.29 is 14.4 Å². The van der Waals surface area contributed by atoms with E-state index in [-0.39, 0.29) is 12.3 Å². The Labute approximate surface area is 102 Å². The molecule has 0 fully saturated rings. The lowest BCUT2D eigenvalue weighted by Crippen LogP contribution is -2.00. The first-order valence-corrected chi connectivity index (χ1v) is 5.29. The molecule has 1 aromatic heterocycles. The summed E-state index contributed by atoms with van der Waals surface area (Å²) in [5, 5.41) is 12.9. The van der Waals surface area contributed by atoms with Crippen molar-refractivity contribution in [3.05, 3.63) is 46.6 Å². The Bertz CT molecular complexity index is 539. The third-order valence-electron chi connectivity index (χ3n) is 2.06. The minimum absolute atomic E-state index is 0.106. The molecule has 0 saturated heterocycles. The average Bonchev–Trinajstić information content (AvgIpc) is 2.64.